The van der Waals surface area contributed by atoms with Gasteiger partial charge in [0.25, 0.3) is 0 Å². The van der Waals surface area contributed by atoms with Gasteiger partial charge in [-0.1, -0.05) is 12.1 Å². The van der Waals surface area contributed by atoms with Crippen LogP contribution in [0.3, 0.4) is 0 Å². The smallest absolute Gasteiger partial charge is 0.142 e. The molecule has 184 valence electrons. The lowest BCUT2D eigenvalue weighted by Crippen LogP contribution is -2.33. The molecule has 0 radical (unpaired) electrons. The van der Waals surface area contributed by atoms with E-state index in [-0.39, 0.29) is 0 Å². The zero-order valence-electron chi connectivity index (χ0n) is 19.1. The molecule has 1 aromatic carbocycles. The van der Waals surface area contributed by atoms with Crippen molar-refractivity contribution in [2.75, 3.05) is 98.1 Å². The molecule has 1 saturated heterocycles. The van der Waals surface area contributed by atoms with Gasteiger partial charge in [0.05, 0.1) is 84.5 Å². The molecule has 2 rings (SSSR count). The Morgan fingerprint density at radius 1 is 0.656 bits per heavy atom. The third-order valence-corrected chi connectivity index (χ3v) is 4.76. The van der Waals surface area contributed by atoms with Gasteiger partial charge in [0.2, 0.25) is 0 Å². The van der Waals surface area contributed by atoms with Gasteiger partial charge in [0, 0.05) is 0 Å². The van der Waals surface area contributed by atoms with E-state index in [4.69, 9.17) is 38.9 Å². The van der Waals surface area contributed by atoms with Crippen molar-refractivity contribution in [1.82, 2.24) is 5.32 Å². The predicted octanol–water partition coefficient (Wildman–Crippen LogP) is 1.50. The van der Waals surface area contributed by atoms with Crippen molar-refractivity contribution < 1.29 is 33.2 Å². The molecule has 1 fully saturated rings. The van der Waals surface area contributed by atoms with E-state index in [9.17, 15) is 0 Å². The number of hydrogen-bond donors (Lipinski definition) is 2. The van der Waals surface area contributed by atoms with Crippen LogP contribution in [0.15, 0.2) is 24.3 Å². The van der Waals surface area contributed by atoms with Crippen LogP contribution in [-0.2, 0) is 28.4 Å². The SMILES string of the molecule is Nc1ccccc1OCCOCCOCCOCCOCCOCCOC1CCNCC1. The monoisotopic (exact) mass is 456 g/mol. The van der Waals surface area contributed by atoms with E-state index >= 15 is 0 Å². The molecule has 3 N–H and O–H groups in total. The number of hydrogen-bond acceptors (Lipinski definition) is 9. The van der Waals surface area contributed by atoms with E-state index in [2.05, 4.69) is 5.32 Å². The van der Waals surface area contributed by atoms with Gasteiger partial charge in [-0.2, -0.15) is 0 Å². The molecule has 0 spiro atoms. The lowest BCUT2D eigenvalue weighted by Gasteiger charge is -2.22. The van der Waals surface area contributed by atoms with Crippen LogP contribution >= 0.6 is 0 Å². The van der Waals surface area contributed by atoms with Crippen molar-refractivity contribution in [3.8, 4) is 5.75 Å². The zero-order chi connectivity index (χ0) is 22.5. The lowest BCUT2D eigenvalue weighted by molar-refractivity contribution is -0.0299. The Bertz CT molecular complexity index is 559. The number of para-hydroxylation sites is 2. The van der Waals surface area contributed by atoms with Crippen LogP contribution in [0.2, 0.25) is 0 Å². The maximum Gasteiger partial charge on any atom is 0.142 e. The topological polar surface area (TPSA) is 103 Å². The second kappa shape index (κ2) is 19.0. The van der Waals surface area contributed by atoms with E-state index in [1.807, 2.05) is 18.2 Å². The number of rotatable bonds is 20. The van der Waals surface area contributed by atoms with Crippen LogP contribution in [0.5, 0.6) is 5.75 Å². The van der Waals surface area contributed by atoms with Crippen molar-refractivity contribution in [1.29, 1.82) is 0 Å². The maximum absolute atomic E-state index is 5.80. The fourth-order valence-electron chi connectivity index (χ4n) is 3.04. The average Bonchev–Trinajstić information content (AvgIpc) is 2.82. The molecule has 0 unspecified atom stereocenters. The third kappa shape index (κ3) is 13.8. The Morgan fingerprint density at radius 2 is 1.12 bits per heavy atom. The van der Waals surface area contributed by atoms with Crippen molar-refractivity contribution in [3.05, 3.63) is 24.3 Å². The van der Waals surface area contributed by atoms with E-state index < -0.39 is 0 Å². The summed E-state index contributed by atoms with van der Waals surface area (Å²) in [5.41, 5.74) is 6.43. The van der Waals surface area contributed by atoms with Crippen molar-refractivity contribution >= 4 is 5.69 Å². The molecule has 0 bridgehead atoms. The van der Waals surface area contributed by atoms with Crippen LogP contribution in [0.25, 0.3) is 0 Å². The Balaban J connectivity index is 1.21. The number of nitrogens with one attached hydrogen (secondary N) is 1. The minimum Gasteiger partial charge on any atom is -0.489 e. The minimum atomic E-state index is 0.379. The number of benzene rings is 1. The second-order valence-electron chi connectivity index (χ2n) is 7.27. The number of ether oxygens (including phenoxy) is 7. The van der Waals surface area contributed by atoms with Crippen LogP contribution < -0.4 is 15.8 Å². The summed E-state index contributed by atoms with van der Waals surface area (Å²) in [6, 6.07) is 7.40. The fourth-order valence-corrected chi connectivity index (χ4v) is 3.04. The molecule has 0 aliphatic carbocycles. The van der Waals surface area contributed by atoms with E-state index in [1.165, 1.54) is 0 Å². The molecule has 0 saturated carbocycles. The summed E-state index contributed by atoms with van der Waals surface area (Å²) in [7, 11) is 0. The first-order chi connectivity index (χ1) is 15.9. The van der Waals surface area contributed by atoms with Gasteiger partial charge in [-0.3, -0.25) is 0 Å². The zero-order valence-corrected chi connectivity index (χ0v) is 19.1. The third-order valence-electron chi connectivity index (χ3n) is 4.76. The first kappa shape index (κ1) is 26.8. The standard InChI is InChI=1S/C23H40N2O7/c24-22-3-1-2-4-23(22)32-20-18-30-16-14-28-12-10-26-9-11-27-13-15-29-17-19-31-21-5-7-25-8-6-21/h1-4,21,25H,5-20,24H2. The minimum absolute atomic E-state index is 0.379. The van der Waals surface area contributed by atoms with E-state index in [1.54, 1.807) is 6.07 Å². The summed E-state index contributed by atoms with van der Waals surface area (Å²) < 4.78 is 38.7. The molecule has 0 aromatic heterocycles. The van der Waals surface area contributed by atoms with E-state index in [0.717, 1.165) is 25.9 Å². The number of piperidine rings is 1. The Labute approximate surface area is 191 Å². The van der Waals surface area contributed by atoms with Gasteiger partial charge in [-0.25, -0.2) is 0 Å². The molecular weight excluding hydrogens is 416 g/mol. The van der Waals surface area contributed by atoms with Gasteiger partial charge < -0.3 is 44.2 Å². The first-order valence-corrected chi connectivity index (χ1v) is 11.5. The maximum atomic E-state index is 5.80. The molecule has 0 atom stereocenters. The summed E-state index contributed by atoms with van der Waals surface area (Å²) in [5, 5.41) is 3.32. The highest BCUT2D eigenvalue weighted by Crippen LogP contribution is 2.19. The molecule has 9 nitrogen and oxygen atoms in total. The highest BCUT2D eigenvalue weighted by atomic mass is 16.6. The van der Waals surface area contributed by atoms with Crippen LogP contribution in [0.1, 0.15) is 12.8 Å². The molecule has 1 aliphatic rings. The van der Waals surface area contributed by atoms with Gasteiger partial charge in [-0.15, -0.1) is 0 Å². The van der Waals surface area contributed by atoms with Crippen LogP contribution in [-0.4, -0.2) is 98.5 Å². The second-order valence-corrected chi connectivity index (χ2v) is 7.27. The lowest BCUT2D eigenvalue weighted by atomic mass is 10.1. The highest BCUT2D eigenvalue weighted by Gasteiger charge is 2.12. The Morgan fingerprint density at radius 3 is 1.66 bits per heavy atom. The van der Waals surface area contributed by atoms with Crippen molar-refractivity contribution in [2.24, 2.45) is 0 Å². The quantitative estimate of drug-likeness (QED) is 0.223. The molecule has 0 amide bonds. The summed E-state index contributed by atoms with van der Waals surface area (Å²) in [6.07, 6.45) is 2.55. The summed E-state index contributed by atoms with van der Waals surface area (Å²) >= 11 is 0. The normalized spacial score (nSPS) is 14.6. The summed E-state index contributed by atoms with van der Waals surface area (Å²) in [4.78, 5) is 0. The van der Waals surface area contributed by atoms with Crippen LogP contribution in [0.4, 0.5) is 5.69 Å². The molecule has 1 aliphatic heterocycles. The predicted molar refractivity (Wildman–Crippen MR) is 122 cm³/mol. The largest absolute Gasteiger partial charge is 0.489 e. The van der Waals surface area contributed by atoms with Crippen molar-refractivity contribution in [2.45, 2.75) is 18.9 Å². The first-order valence-electron chi connectivity index (χ1n) is 11.5. The molecule has 1 aromatic rings. The summed E-state index contributed by atoms with van der Waals surface area (Å²) in [6.45, 7) is 8.60. The molecular formula is C23H40N2O7. The summed E-state index contributed by atoms with van der Waals surface area (Å²) in [5.74, 6) is 0.679. The molecule has 9 heteroatoms. The Kier molecular flexibility index (Phi) is 15.9. The van der Waals surface area contributed by atoms with Gasteiger partial charge in [0.15, 0.2) is 0 Å². The van der Waals surface area contributed by atoms with E-state index in [0.29, 0.717) is 96.8 Å². The number of nitrogens with two attached hydrogens (primary N) is 1. The highest BCUT2D eigenvalue weighted by molar-refractivity contribution is 5.51. The van der Waals surface area contributed by atoms with Crippen molar-refractivity contribution in [3.63, 3.8) is 0 Å². The fraction of sp³-hybridized carbons (Fsp3) is 0.739. The van der Waals surface area contributed by atoms with Gasteiger partial charge in [0.1, 0.15) is 12.4 Å². The van der Waals surface area contributed by atoms with Gasteiger partial charge >= 0.3 is 0 Å². The van der Waals surface area contributed by atoms with Gasteiger partial charge in [-0.05, 0) is 38.1 Å². The Hall–Kier alpha value is -1.46. The molecule has 32 heavy (non-hydrogen) atoms. The van der Waals surface area contributed by atoms with Crippen LogP contribution in [0, 0.1) is 0 Å². The molecule has 1 heterocycles. The number of nitrogen functional groups attached to an aromatic ring is 1. The number of anilines is 1. The average molecular weight is 457 g/mol.